The number of carbonyl (C=O) groups is 2. The molecule has 2 N–H and O–H groups in total. The fourth-order valence-electron chi connectivity index (χ4n) is 2.91. The highest BCUT2D eigenvalue weighted by Gasteiger charge is 2.32. The monoisotopic (exact) mass is 385 g/mol. The van der Waals surface area contributed by atoms with Crippen LogP contribution in [0.15, 0.2) is 48.5 Å². The Hall–Kier alpha value is -3.26. The molecule has 0 saturated carbocycles. The molecule has 2 atom stereocenters. The Bertz CT molecular complexity index is 868. The number of quaternary nitrogens is 1. The lowest BCUT2D eigenvalue weighted by Crippen LogP contribution is -3.11. The molecular formula is C20H25N4O4+. The smallest absolute Gasteiger partial charge is 0.293 e. The molecular weight excluding hydrogens is 360 g/mol. The van der Waals surface area contributed by atoms with Crippen LogP contribution < -0.4 is 10.2 Å². The van der Waals surface area contributed by atoms with Crippen molar-refractivity contribution in [3.63, 3.8) is 0 Å². The molecule has 2 amide bonds. The fourth-order valence-corrected chi connectivity index (χ4v) is 2.91. The Balaban J connectivity index is 2.35. The predicted molar refractivity (Wildman–Crippen MR) is 106 cm³/mol. The highest BCUT2D eigenvalue weighted by Crippen LogP contribution is 2.26. The number of anilines is 1. The minimum Gasteiger partial charge on any atom is -0.344 e. The van der Waals surface area contributed by atoms with E-state index in [1.807, 2.05) is 18.2 Å². The quantitative estimate of drug-likeness (QED) is 0.553. The lowest BCUT2D eigenvalue weighted by atomic mass is 10.0. The van der Waals surface area contributed by atoms with E-state index >= 15 is 0 Å². The van der Waals surface area contributed by atoms with Gasteiger partial charge in [0.05, 0.1) is 12.0 Å². The molecule has 28 heavy (non-hydrogen) atoms. The fraction of sp³-hybridized carbons (Fsp3) is 0.300. The van der Waals surface area contributed by atoms with Gasteiger partial charge in [0.25, 0.3) is 17.5 Å². The average molecular weight is 385 g/mol. The van der Waals surface area contributed by atoms with Gasteiger partial charge in [0.2, 0.25) is 0 Å². The first-order chi connectivity index (χ1) is 13.2. The number of hydrogen-bond donors (Lipinski definition) is 2. The third-order valence-electron chi connectivity index (χ3n) is 4.42. The zero-order valence-corrected chi connectivity index (χ0v) is 16.4. The summed E-state index contributed by atoms with van der Waals surface area (Å²) in [6.45, 7) is 1.85. The Morgan fingerprint density at radius 2 is 1.82 bits per heavy atom. The number of carbonyl (C=O) groups excluding carboxylic acids is 2. The Kier molecular flexibility index (Phi) is 6.84. The van der Waals surface area contributed by atoms with E-state index in [9.17, 15) is 19.7 Å². The van der Waals surface area contributed by atoms with Crippen LogP contribution in [0.5, 0.6) is 0 Å². The van der Waals surface area contributed by atoms with Crippen LogP contribution in [-0.4, -0.2) is 49.3 Å². The highest BCUT2D eigenvalue weighted by molar-refractivity contribution is 5.96. The Morgan fingerprint density at radius 1 is 1.18 bits per heavy atom. The number of rotatable bonds is 7. The second-order valence-corrected chi connectivity index (χ2v) is 6.92. The first kappa shape index (κ1) is 21.0. The molecule has 0 saturated heterocycles. The summed E-state index contributed by atoms with van der Waals surface area (Å²) in [5.74, 6) is -0.533. The van der Waals surface area contributed by atoms with E-state index in [0.717, 1.165) is 11.1 Å². The third-order valence-corrected chi connectivity index (χ3v) is 4.42. The first-order valence-electron chi connectivity index (χ1n) is 8.84. The molecule has 1 unspecified atom stereocenters. The number of nitro groups is 1. The van der Waals surface area contributed by atoms with Crippen molar-refractivity contribution >= 4 is 23.2 Å². The summed E-state index contributed by atoms with van der Waals surface area (Å²) in [5, 5.41) is 14.0. The van der Waals surface area contributed by atoms with Gasteiger partial charge in [-0.05, 0) is 18.6 Å². The van der Waals surface area contributed by atoms with Crippen molar-refractivity contribution in [1.29, 1.82) is 0 Å². The number of amides is 2. The maximum atomic E-state index is 13.1. The van der Waals surface area contributed by atoms with Crippen LogP contribution in [0, 0.1) is 17.0 Å². The molecule has 0 aromatic heterocycles. The van der Waals surface area contributed by atoms with Crippen LogP contribution in [0.1, 0.15) is 17.2 Å². The summed E-state index contributed by atoms with van der Waals surface area (Å²) in [7, 11) is 5.06. The first-order valence-corrected chi connectivity index (χ1v) is 8.84. The second-order valence-electron chi connectivity index (χ2n) is 6.92. The van der Waals surface area contributed by atoms with Gasteiger partial charge in [0.15, 0.2) is 12.6 Å². The molecule has 0 aliphatic heterocycles. The summed E-state index contributed by atoms with van der Waals surface area (Å²) in [4.78, 5) is 38.2. The number of nitrogens with zero attached hydrogens (tertiary/aromatic N) is 2. The van der Waals surface area contributed by atoms with Gasteiger partial charge < -0.3 is 15.1 Å². The Morgan fingerprint density at radius 3 is 2.39 bits per heavy atom. The van der Waals surface area contributed by atoms with E-state index in [1.165, 1.54) is 17.0 Å². The van der Waals surface area contributed by atoms with E-state index in [1.54, 1.807) is 46.3 Å². The molecule has 2 rings (SSSR count). The molecule has 2 aromatic rings. The molecule has 2 aromatic carbocycles. The van der Waals surface area contributed by atoms with E-state index in [0.29, 0.717) is 4.90 Å². The van der Waals surface area contributed by atoms with Crippen molar-refractivity contribution in [2.75, 3.05) is 33.0 Å². The molecule has 0 aliphatic carbocycles. The van der Waals surface area contributed by atoms with E-state index in [4.69, 9.17) is 0 Å². The van der Waals surface area contributed by atoms with Crippen molar-refractivity contribution in [3.05, 3.63) is 69.8 Å². The van der Waals surface area contributed by atoms with Gasteiger partial charge in [-0.25, -0.2) is 0 Å². The summed E-state index contributed by atoms with van der Waals surface area (Å²) in [6, 6.07) is 13.0. The summed E-state index contributed by atoms with van der Waals surface area (Å²) in [6.07, 6.45) is 0. The standard InChI is InChI=1S/C20H24N4O4/c1-14-10-11-16(17(12-14)24(27)28)21-20(26)19(15-8-6-5-7-9-15)23(4)13-18(25)22(2)3/h5-12,19H,13H2,1-4H3,(H,21,26)/p+1/t19-/m0/s1. The zero-order chi connectivity index (χ0) is 20.8. The molecule has 0 spiro atoms. The van der Waals surface area contributed by atoms with Crippen molar-refractivity contribution in [2.45, 2.75) is 13.0 Å². The molecule has 148 valence electrons. The highest BCUT2D eigenvalue weighted by atomic mass is 16.6. The molecule has 8 nitrogen and oxygen atoms in total. The lowest BCUT2D eigenvalue weighted by molar-refractivity contribution is -0.894. The van der Waals surface area contributed by atoms with Crippen LogP contribution in [0.25, 0.3) is 0 Å². The van der Waals surface area contributed by atoms with E-state index < -0.39 is 16.9 Å². The topological polar surface area (TPSA) is 97.0 Å². The largest absolute Gasteiger partial charge is 0.344 e. The molecule has 0 aliphatic rings. The molecule has 0 radical (unpaired) electrons. The van der Waals surface area contributed by atoms with Gasteiger partial charge in [0.1, 0.15) is 5.69 Å². The molecule has 8 heteroatoms. The number of benzene rings is 2. The van der Waals surface area contributed by atoms with Crippen LogP contribution in [0.4, 0.5) is 11.4 Å². The summed E-state index contributed by atoms with van der Waals surface area (Å²) >= 11 is 0. The zero-order valence-electron chi connectivity index (χ0n) is 16.4. The maximum Gasteiger partial charge on any atom is 0.293 e. The molecule has 0 fully saturated rings. The number of hydrogen-bond acceptors (Lipinski definition) is 4. The second kappa shape index (κ2) is 9.09. The van der Waals surface area contributed by atoms with E-state index in [-0.39, 0.29) is 23.8 Å². The predicted octanol–water partition coefficient (Wildman–Crippen LogP) is 1.19. The van der Waals surface area contributed by atoms with Crippen molar-refractivity contribution in [2.24, 2.45) is 0 Å². The van der Waals surface area contributed by atoms with Crippen LogP contribution in [-0.2, 0) is 9.59 Å². The van der Waals surface area contributed by atoms with Crippen molar-refractivity contribution in [1.82, 2.24) is 4.90 Å². The van der Waals surface area contributed by atoms with Gasteiger partial charge in [0, 0.05) is 25.7 Å². The van der Waals surface area contributed by atoms with Gasteiger partial charge >= 0.3 is 0 Å². The van der Waals surface area contributed by atoms with Gasteiger partial charge in [-0.2, -0.15) is 0 Å². The van der Waals surface area contributed by atoms with E-state index in [2.05, 4.69) is 5.32 Å². The maximum absolute atomic E-state index is 13.1. The van der Waals surface area contributed by atoms with Crippen molar-refractivity contribution in [3.8, 4) is 0 Å². The van der Waals surface area contributed by atoms with Gasteiger partial charge in [-0.3, -0.25) is 19.7 Å². The number of nitro benzene ring substituents is 1. The minimum absolute atomic E-state index is 0.107. The summed E-state index contributed by atoms with van der Waals surface area (Å²) < 4.78 is 0. The minimum atomic E-state index is -0.703. The lowest BCUT2D eigenvalue weighted by Gasteiger charge is -2.25. The van der Waals surface area contributed by atoms with Crippen molar-refractivity contribution < 1.29 is 19.4 Å². The third kappa shape index (κ3) is 5.14. The van der Waals surface area contributed by atoms with Crippen LogP contribution >= 0.6 is 0 Å². The molecule has 0 heterocycles. The summed E-state index contributed by atoms with van der Waals surface area (Å²) in [5.41, 5.74) is 1.41. The average Bonchev–Trinajstić information content (AvgIpc) is 2.64. The van der Waals surface area contributed by atoms with Crippen LogP contribution in [0.2, 0.25) is 0 Å². The van der Waals surface area contributed by atoms with Gasteiger partial charge in [-0.1, -0.05) is 36.4 Å². The molecule has 0 bridgehead atoms. The number of aryl methyl sites for hydroxylation is 1. The number of likely N-dealkylation sites (N-methyl/N-ethyl adjacent to an activating group) is 2. The number of nitrogens with one attached hydrogen (secondary N) is 2. The SMILES string of the molecule is Cc1ccc(NC(=O)[C@H](c2ccccc2)[NH+](C)CC(=O)N(C)C)c([N+](=O)[O-])c1. The normalized spacial score (nSPS) is 12.7. The Labute approximate surface area is 163 Å². The van der Waals surface area contributed by atoms with Crippen LogP contribution in [0.3, 0.4) is 0 Å². The van der Waals surface area contributed by atoms with Gasteiger partial charge in [-0.15, -0.1) is 0 Å².